The zero-order valence-corrected chi connectivity index (χ0v) is 15.9. The van der Waals surface area contributed by atoms with E-state index in [1.165, 1.54) is 5.69 Å². The summed E-state index contributed by atoms with van der Waals surface area (Å²) in [7, 11) is 0. The van der Waals surface area contributed by atoms with Crippen molar-refractivity contribution in [1.82, 2.24) is 9.88 Å². The highest BCUT2D eigenvalue weighted by Crippen LogP contribution is 2.26. The van der Waals surface area contributed by atoms with E-state index in [1.807, 2.05) is 41.3 Å². The fourth-order valence-electron chi connectivity index (χ4n) is 3.67. The van der Waals surface area contributed by atoms with Gasteiger partial charge in [0.05, 0.1) is 5.52 Å². The molecule has 6 heteroatoms. The Morgan fingerprint density at radius 2 is 1.71 bits per heavy atom. The molecule has 28 heavy (non-hydrogen) atoms. The number of benzene rings is 2. The van der Waals surface area contributed by atoms with E-state index in [2.05, 4.69) is 22.0 Å². The minimum absolute atomic E-state index is 0.0900. The van der Waals surface area contributed by atoms with E-state index in [0.29, 0.717) is 29.6 Å². The molecular formula is C22H18ClN3O2. The number of carbonyl (C=O) groups is 1. The molecule has 0 N–H and O–H groups in total. The van der Waals surface area contributed by atoms with Crippen LogP contribution >= 0.6 is 11.6 Å². The van der Waals surface area contributed by atoms with Crippen LogP contribution in [-0.2, 0) is 0 Å². The second-order valence-corrected chi connectivity index (χ2v) is 7.38. The number of furan rings is 1. The fraction of sp³-hybridized carbons (Fsp3) is 0.182. The molecule has 2 aromatic carbocycles. The van der Waals surface area contributed by atoms with Crippen molar-refractivity contribution in [2.75, 3.05) is 31.1 Å². The second-order valence-electron chi connectivity index (χ2n) is 6.95. The minimum atomic E-state index is -0.0900. The molecule has 0 atom stereocenters. The molecule has 0 aliphatic carbocycles. The average molecular weight is 392 g/mol. The molecule has 5 rings (SSSR count). The van der Waals surface area contributed by atoms with Gasteiger partial charge in [0.1, 0.15) is 0 Å². The highest BCUT2D eigenvalue weighted by atomic mass is 35.5. The number of aromatic nitrogens is 1. The SMILES string of the molecule is O=C(c1cc2cc3ccc(Cl)cc3nc2o1)N1CCN(c2ccccc2)CC1. The number of halogens is 1. The summed E-state index contributed by atoms with van der Waals surface area (Å²) in [5.74, 6) is 0.241. The smallest absolute Gasteiger partial charge is 0.289 e. The maximum atomic E-state index is 12.9. The van der Waals surface area contributed by atoms with Gasteiger partial charge in [-0.25, -0.2) is 4.98 Å². The van der Waals surface area contributed by atoms with Crippen LogP contribution in [0.1, 0.15) is 10.6 Å². The van der Waals surface area contributed by atoms with Gasteiger partial charge in [0, 0.05) is 47.7 Å². The second kappa shape index (κ2) is 6.84. The number of amides is 1. The zero-order chi connectivity index (χ0) is 19.1. The molecule has 140 valence electrons. The molecule has 1 saturated heterocycles. The summed E-state index contributed by atoms with van der Waals surface area (Å²) in [4.78, 5) is 21.6. The predicted octanol–water partition coefficient (Wildman–Crippen LogP) is 4.60. The third kappa shape index (κ3) is 3.08. The van der Waals surface area contributed by atoms with Crippen molar-refractivity contribution in [2.24, 2.45) is 0 Å². The summed E-state index contributed by atoms with van der Waals surface area (Å²) >= 11 is 6.05. The van der Waals surface area contributed by atoms with Gasteiger partial charge in [-0.3, -0.25) is 4.79 Å². The Kier molecular flexibility index (Phi) is 4.17. The summed E-state index contributed by atoms with van der Waals surface area (Å²) in [5, 5.41) is 2.41. The van der Waals surface area contributed by atoms with Crippen LogP contribution in [0.2, 0.25) is 5.02 Å². The average Bonchev–Trinajstić information content (AvgIpc) is 3.15. The molecule has 2 aromatic heterocycles. The van der Waals surface area contributed by atoms with Crippen molar-refractivity contribution in [3.8, 4) is 0 Å². The first-order chi connectivity index (χ1) is 13.7. The van der Waals surface area contributed by atoms with E-state index >= 15 is 0 Å². The van der Waals surface area contributed by atoms with Crippen LogP contribution in [-0.4, -0.2) is 42.0 Å². The van der Waals surface area contributed by atoms with Crippen molar-refractivity contribution in [1.29, 1.82) is 0 Å². The minimum Gasteiger partial charge on any atom is -0.433 e. The molecule has 3 heterocycles. The van der Waals surface area contributed by atoms with Crippen LogP contribution < -0.4 is 4.90 Å². The molecule has 0 spiro atoms. The Bertz CT molecular complexity index is 1160. The zero-order valence-electron chi connectivity index (χ0n) is 15.1. The summed E-state index contributed by atoms with van der Waals surface area (Å²) in [5.41, 5.74) is 2.40. The molecule has 0 unspecified atom stereocenters. The first-order valence-electron chi connectivity index (χ1n) is 9.26. The standard InChI is InChI=1S/C22H18ClN3O2/c23-17-7-6-15-12-16-13-20(28-21(16)24-19(15)14-17)22(27)26-10-8-25(9-11-26)18-4-2-1-3-5-18/h1-7,12-14H,8-11H2. The van der Waals surface area contributed by atoms with Gasteiger partial charge in [-0.1, -0.05) is 35.9 Å². The monoisotopic (exact) mass is 391 g/mol. The van der Waals surface area contributed by atoms with Gasteiger partial charge in [-0.2, -0.15) is 0 Å². The summed E-state index contributed by atoms with van der Waals surface area (Å²) in [6.45, 7) is 2.93. The molecule has 4 aromatic rings. The van der Waals surface area contributed by atoms with Crippen LogP contribution in [0.25, 0.3) is 22.0 Å². The van der Waals surface area contributed by atoms with Crippen LogP contribution in [0.4, 0.5) is 5.69 Å². The number of anilines is 1. The third-order valence-electron chi connectivity index (χ3n) is 5.16. The summed E-state index contributed by atoms with van der Waals surface area (Å²) in [6, 6.07) is 19.6. The normalized spacial score (nSPS) is 14.8. The van der Waals surface area contributed by atoms with Gasteiger partial charge < -0.3 is 14.2 Å². The van der Waals surface area contributed by atoms with Gasteiger partial charge in [0.15, 0.2) is 5.76 Å². The highest BCUT2D eigenvalue weighted by molar-refractivity contribution is 6.31. The highest BCUT2D eigenvalue weighted by Gasteiger charge is 2.25. The van der Waals surface area contributed by atoms with Crippen LogP contribution in [0.3, 0.4) is 0 Å². The Labute approximate surface area is 167 Å². The number of carbonyl (C=O) groups excluding carboxylic acids is 1. The Morgan fingerprint density at radius 1 is 0.929 bits per heavy atom. The number of pyridine rings is 1. The molecule has 0 saturated carbocycles. The number of nitrogens with zero attached hydrogens (tertiary/aromatic N) is 3. The number of rotatable bonds is 2. The van der Waals surface area contributed by atoms with Crippen molar-refractivity contribution in [3.05, 3.63) is 71.4 Å². The number of fused-ring (bicyclic) bond motifs is 2. The van der Waals surface area contributed by atoms with E-state index in [4.69, 9.17) is 16.0 Å². The van der Waals surface area contributed by atoms with E-state index in [1.54, 1.807) is 12.1 Å². The summed E-state index contributed by atoms with van der Waals surface area (Å²) in [6.07, 6.45) is 0. The number of piperazine rings is 1. The largest absolute Gasteiger partial charge is 0.433 e. The first kappa shape index (κ1) is 17.1. The molecular weight excluding hydrogens is 374 g/mol. The van der Waals surface area contributed by atoms with Crippen molar-refractivity contribution in [2.45, 2.75) is 0 Å². The van der Waals surface area contributed by atoms with Crippen LogP contribution in [0.15, 0.2) is 65.1 Å². The van der Waals surface area contributed by atoms with E-state index in [-0.39, 0.29) is 5.91 Å². The Hall–Kier alpha value is -3.05. The Balaban J connectivity index is 1.36. The van der Waals surface area contributed by atoms with Gasteiger partial charge in [0.2, 0.25) is 5.71 Å². The number of hydrogen-bond acceptors (Lipinski definition) is 4. The Morgan fingerprint density at radius 3 is 2.50 bits per heavy atom. The molecule has 1 aliphatic rings. The molecule has 0 bridgehead atoms. The lowest BCUT2D eigenvalue weighted by atomic mass is 10.2. The van der Waals surface area contributed by atoms with Crippen molar-refractivity contribution in [3.63, 3.8) is 0 Å². The van der Waals surface area contributed by atoms with Gasteiger partial charge in [0.25, 0.3) is 5.91 Å². The number of para-hydroxylation sites is 1. The van der Waals surface area contributed by atoms with Crippen molar-refractivity contribution < 1.29 is 9.21 Å². The van der Waals surface area contributed by atoms with E-state index in [9.17, 15) is 4.79 Å². The third-order valence-corrected chi connectivity index (χ3v) is 5.40. The van der Waals surface area contributed by atoms with Gasteiger partial charge in [-0.05, 0) is 36.4 Å². The molecule has 1 amide bonds. The molecule has 5 nitrogen and oxygen atoms in total. The molecule has 0 radical (unpaired) electrons. The van der Waals surface area contributed by atoms with Crippen LogP contribution in [0.5, 0.6) is 0 Å². The van der Waals surface area contributed by atoms with Crippen LogP contribution in [0, 0.1) is 0 Å². The quantitative estimate of drug-likeness (QED) is 0.501. The topological polar surface area (TPSA) is 49.6 Å². The van der Waals surface area contributed by atoms with Gasteiger partial charge >= 0.3 is 0 Å². The van der Waals surface area contributed by atoms with Crippen molar-refractivity contribution >= 4 is 45.2 Å². The lowest BCUT2D eigenvalue weighted by Gasteiger charge is -2.35. The maximum absolute atomic E-state index is 12.9. The summed E-state index contributed by atoms with van der Waals surface area (Å²) < 4.78 is 5.78. The molecule has 1 fully saturated rings. The predicted molar refractivity (Wildman–Crippen MR) is 111 cm³/mol. The molecule has 1 aliphatic heterocycles. The maximum Gasteiger partial charge on any atom is 0.289 e. The fourth-order valence-corrected chi connectivity index (χ4v) is 3.83. The lowest BCUT2D eigenvalue weighted by Crippen LogP contribution is -2.48. The lowest BCUT2D eigenvalue weighted by molar-refractivity contribution is 0.0717. The van der Waals surface area contributed by atoms with E-state index in [0.717, 1.165) is 29.4 Å². The number of hydrogen-bond donors (Lipinski definition) is 0. The first-order valence-corrected chi connectivity index (χ1v) is 9.64. The van der Waals surface area contributed by atoms with E-state index < -0.39 is 0 Å². The van der Waals surface area contributed by atoms with Gasteiger partial charge in [-0.15, -0.1) is 0 Å².